The fourth-order valence-corrected chi connectivity index (χ4v) is 1.43. The molecule has 1 aromatic rings. The third-order valence-corrected chi connectivity index (χ3v) is 2.63. The van der Waals surface area contributed by atoms with Gasteiger partial charge in [0.05, 0.1) is 5.92 Å². The molecule has 2 nitrogen and oxygen atoms in total. The third-order valence-electron chi connectivity index (χ3n) is 2.63. The summed E-state index contributed by atoms with van der Waals surface area (Å²) >= 11 is 0. The fraction of sp³-hybridized carbons (Fsp3) is 0.417. The first kappa shape index (κ1) is 12.6. The van der Waals surface area contributed by atoms with Gasteiger partial charge in [0.1, 0.15) is 11.6 Å². The monoisotopic (exact) mass is 228 g/mol. The minimum absolute atomic E-state index is 0.0203. The lowest BCUT2D eigenvalue weighted by molar-refractivity contribution is -0.141. The molecule has 0 heterocycles. The van der Waals surface area contributed by atoms with Crippen LogP contribution in [0.4, 0.5) is 8.78 Å². The van der Waals surface area contributed by atoms with Gasteiger partial charge in [0, 0.05) is 5.56 Å². The molecule has 1 N–H and O–H groups in total. The van der Waals surface area contributed by atoms with Crippen LogP contribution >= 0.6 is 0 Å². The number of carbonyl (C=O) groups is 1. The van der Waals surface area contributed by atoms with E-state index in [1.807, 2.05) is 0 Å². The number of halogens is 2. The zero-order chi connectivity index (χ0) is 12.3. The van der Waals surface area contributed by atoms with Crippen LogP contribution in [0.1, 0.15) is 24.5 Å². The van der Waals surface area contributed by atoms with Gasteiger partial charge in [-0.15, -0.1) is 0 Å². The zero-order valence-electron chi connectivity index (χ0n) is 9.26. The van der Waals surface area contributed by atoms with Gasteiger partial charge in [0.2, 0.25) is 0 Å². The highest BCUT2D eigenvalue weighted by Gasteiger charge is 2.15. The molecule has 1 rings (SSSR count). The summed E-state index contributed by atoms with van der Waals surface area (Å²) in [5.41, 5.74) is 0.354. The van der Waals surface area contributed by atoms with Crippen LogP contribution in [0.15, 0.2) is 12.1 Å². The van der Waals surface area contributed by atoms with Gasteiger partial charge in [-0.3, -0.25) is 4.79 Å². The summed E-state index contributed by atoms with van der Waals surface area (Å²) in [6.07, 6.45) is 0.333. The smallest absolute Gasteiger partial charge is 0.306 e. The minimum atomic E-state index is -0.950. The molecule has 0 fully saturated rings. The molecule has 0 aromatic heterocycles. The Morgan fingerprint density at radius 2 is 2.06 bits per heavy atom. The van der Waals surface area contributed by atoms with Gasteiger partial charge in [-0.1, -0.05) is 13.0 Å². The van der Waals surface area contributed by atoms with E-state index in [4.69, 9.17) is 5.11 Å². The Morgan fingerprint density at radius 1 is 1.44 bits per heavy atom. The average Bonchev–Trinajstić information content (AvgIpc) is 2.23. The van der Waals surface area contributed by atoms with Gasteiger partial charge in [0.25, 0.3) is 0 Å². The maximum absolute atomic E-state index is 13.5. The van der Waals surface area contributed by atoms with Gasteiger partial charge in [-0.25, -0.2) is 8.78 Å². The normalized spacial score (nSPS) is 12.5. The SMILES string of the molecule is Cc1ccc(F)c(CCC(C)C(=O)O)c1F. The molecule has 0 amide bonds. The molecule has 0 radical (unpaired) electrons. The number of carboxylic acid groups (broad SMARTS) is 1. The van der Waals surface area contributed by atoms with Crippen molar-refractivity contribution >= 4 is 5.97 Å². The molecule has 0 aliphatic rings. The van der Waals surface area contributed by atoms with Crippen molar-refractivity contribution in [2.45, 2.75) is 26.7 Å². The second-order valence-corrected chi connectivity index (χ2v) is 3.93. The molecule has 0 aliphatic heterocycles. The second kappa shape index (κ2) is 5.05. The molecular formula is C12H14F2O2. The highest BCUT2D eigenvalue weighted by molar-refractivity contribution is 5.69. The second-order valence-electron chi connectivity index (χ2n) is 3.93. The van der Waals surface area contributed by atoms with Crippen molar-refractivity contribution in [3.05, 3.63) is 34.9 Å². The first-order valence-electron chi connectivity index (χ1n) is 5.09. The maximum atomic E-state index is 13.5. The predicted molar refractivity (Wildman–Crippen MR) is 56.2 cm³/mol. The number of aryl methyl sites for hydroxylation is 1. The van der Waals surface area contributed by atoms with Crippen molar-refractivity contribution in [1.29, 1.82) is 0 Å². The van der Waals surface area contributed by atoms with Gasteiger partial charge in [-0.2, -0.15) is 0 Å². The van der Waals surface area contributed by atoms with Crippen molar-refractivity contribution in [2.24, 2.45) is 5.92 Å². The topological polar surface area (TPSA) is 37.3 Å². The Kier molecular flexibility index (Phi) is 3.99. The van der Waals surface area contributed by atoms with Gasteiger partial charge >= 0.3 is 5.97 Å². The van der Waals surface area contributed by atoms with Crippen molar-refractivity contribution in [3.63, 3.8) is 0 Å². The van der Waals surface area contributed by atoms with Gasteiger partial charge in [-0.05, 0) is 31.4 Å². The number of carboxylic acids is 1. The molecule has 0 bridgehead atoms. The highest BCUT2D eigenvalue weighted by Crippen LogP contribution is 2.19. The standard InChI is InChI=1S/C12H14F2O2/c1-7-4-6-10(13)9(11(7)14)5-3-8(2)12(15)16/h4,6,8H,3,5H2,1-2H3,(H,15,16). The predicted octanol–water partition coefficient (Wildman–Crippen LogP) is 2.93. The van der Waals surface area contributed by atoms with E-state index in [2.05, 4.69) is 0 Å². The van der Waals surface area contributed by atoms with Crippen molar-refractivity contribution in [2.75, 3.05) is 0 Å². The number of hydrogen-bond acceptors (Lipinski definition) is 1. The maximum Gasteiger partial charge on any atom is 0.306 e. The van der Waals surface area contributed by atoms with Crippen LogP contribution in [0.25, 0.3) is 0 Å². The summed E-state index contributed by atoms with van der Waals surface area (Å²) in [7, 11) is 0. The van der Waals surface area contributed by atoms with E-state index in [0.29, 0.717) is 5.56 Å². The van der Waals surface area contributed by atoms with Gasteiger partial charge < -0.3 is 5.11 Å². The summed E-state index contributed by atoms with van der Waals surface area (Å²) in [4.78, 5) is 10.6. The molecule has 0 saturated heterocycles. The van der Waals surface area contributed by atoms with Crippen LogP contribution in [-0.4, -0.2) is 11.1 Å². The number of hydrogen-bond donors (Lipinski definition) is 1. The number of rotatable bonds is 4. The molecule has 4 heteroatoms. The molecule has 1 aromatic carbocycles. The van der Waals surface area contributed by atoms with Crippen LogP contribution in [0.2, 0.25) is 0 Å². The lowest BCUT2D eigenvalue weighted by Crippen LogP contribution is -2.11. The first-order valence-corrected chi connectivity index (χ1v) is 5.09. The summed E-state index contributed by atoms with van der Waals surface area (Å²) < 4.78 is 26.8. The van der Waals surface area contributed by atoms with Crippen LogP contribution in [0.3, 0.4) is 0 Å². The van der Waals surface area contributed by atoms with E-state index in [9.17, 15) is 13.6 Å². The molecule has 88 valence electrons. The molecule has 1 atom stereocenters. The van der Waals surface area contributed by atoms with E-state index in [0.717, 1.165) is 0 Å². The Balaban J connectivity index is 2.81. The van der Waals surface area contributed by atoms with E-state index >= 15 is 0 Å². The van der Waals surface area contributed by atoms with E-state index < -0.39 is 23.5 Å². The summed E-state index contributed by atoms with van der Waals surface area (Å²) in [5, 5.41) is 8.67. The summed E-state index contributed by atoms with van der Waals surface area (Å²) in [5.74, 6) is -2.73. The Bertz CT molecular complexity index is 402. The zero-order valence-corrected chi connectivity index (χ0v) is 9.26. The Morgan fingerprint density at radius 3 is 2.62 bits per heavy atom. The number of benzene rings is 1. The lowest BCUT2D eigenvalue weighted by atomic mass is 9.99. The van der Waals surface area contributed by atoms with E-state index in [1.54, 1.807) is 6.92 Å². The largest absolute Gasteiger partial charge is 0.481 e. The molecule has 16 heavy (non-hydrogen) atoms. The molecule has 0 aliphatic carbocycles. The number of aliphatic carboxylic acids is 1. The molecule has 0 spiro atoms. The Hall–Kier alpha value is -1.45. The van der Waals surface area contributed by atoms with Crippen molar-refractivity contribution < 1.29 is 18.7 Å². The van der Waals surface area contributed by atoms with Crippen LogP contribution < -0.4 is 0 Å². The molecule has 1 unspecified atom stereocenters. The van der Waals surface area contributed by atoms with Crippen molar-refractivity contribution in [1.82, 2.24) is 0 Å². The van der Waals surface area contributed by atoms with Crippen LogP contribution in [-0.2, 0) is 11.2 Å². The Labute approximate surface area is 92.9 Å². The molecule has 0 saturated carbocycles. The highest BCUT2D eigenvalue weighted by atomic mass is 19.1. The minimum Gasteiger partial charge on any atom is -0.481 e. The fourth-order valence-electron chi connectivity index (χ4n) is 1.43. The third kappa shape index (κ3) is 2.78. The molecular weight excluding hydrogens is 214 g/mol. The summed E-state index contributed by atoms with van der Waals surface area (Å²) in [6.45, 7) is 3.08. The average molecular weight is 228 g/mol. The van der Waals surface area contributed by atoms with Gasteiger partial charge in [0.15, 0.2) is 0 Å². The van der Waals surface area contributed by atoms with Crippen LogP contribution in [0.5, 0.6) is 0 Å². The lowest BCUT2D eigenvalue weighted by Gasteiger charge is -2.09. The summed E-state index contributed by atoms with van der Waals surface area (Å²) in [6, 6.07) is 2.58. The van der Waals surface area contributed by atoms with Crippen LogP contribution in [0, 0.1) is 24.5 Å². The quantitative estimate of drug-likeness (QED) is 0.860. The van der Waals surface area contributed by atoms with E-state index in [-0.39, 0.29) is 18.4 Å². The first-order chi connectivity index (χ1) is 7.43. The van der Waals surface area contributed by atoms with Crippen molar-refractivity contribution in [3.8, 4) is 0 Å². The van der Waals surface area contributed by atoms with E-state index in [1.165, 1.54) is 19.1 Å².